The van der Waals surface area contributed by atoms with Gasteiger partial charge in [0.05, 0.1) is 11.3 Å². The summed E-state index contributed by atoms with van der Waals surface area (Å²) < 4.78 is 26.8. The van der Waals surface area contributed by atoms with Crippen molar-refractivity contribution in [2.24, 2.45) is 5.73 Å². The van der Waals surface area contributed by atoms with E-state index >= 15 is 4.39 Å². The molecule has 2 aromatic carbocycles. The number of benzene rings is 2. The molecule has 5 rings (SSSR count). The number of thioether (sulfide) groups is 1. The number of alkyl halides is 1. The van der Waals surface area contributed by atoms with Gasteiger partial charge in [-0.25, -0.2) is 9.37 Å². The molecule has 5 nitrogen and oxygen atoms in total. The molecular weight excluding hydrogens is 401 g/mol. The maximum absolute atomic E-state index is 15.5. The minimum absolute atomic E-state index is 0.184. The SMILES string of the molecule is NC1Sc2ccccc2N1c1ccc(Oc2ncccc2C2(F)CCOCC2)cc1. The molecule has 1 saturated heterocycles. The van der Waals surface area contributed by atoms with Crippen LogP contribution in [0.4, 0.5) is 15.8 Å². The highest BCUT2D eigenvalue weighted by Crippen LogP contribution is 2.46. The van der Waals surface area contributed by atoms with E-state index in [-0.39, 0.29) is 5.50 Å². The van der Waals surface area contributed by atoms with Crippen LogP contribution in [-0.4, -0.2) is 23.7 Å². The number of rotatable bonds is 4. The van der Waals surface area contributed by atoms with Gasteiger partial charge in [-0.05, 0) is 48.5 Å². The minimum Gasteiger partial charge on any atom is -0.439 e. The summed E-state index contributed by atoms with van der Waals surface area (Å²) in [5, 5.41) is 0. The van der Waals surface area contributed by atoms with Gasteiger partial charge in [0.15, 0.2) is 0 Å². The zero-order chi connectivity index (χ0) is 20.6. The van der Waals surface area contributed by atoms with Gasteiger partial charge in [-0.1, -0.05) is 23.9 Å². The normalized spacial score (nSPS) is 20.1. The standard InChI is InChI=1S/C23H22FN3O2S/c24-23(11-14-28-15-12-23)18-4-3-13-26-21(18)29-17-9-7-16(8-10-17)27-19-5-1-2-6-20(19)30-22(27)25/h1-10,13,22H,11-12,14-15,25H2. The average Bonchev–Trinajstić information content (AvgIpc) is 3.11. The molecule has 2 N–H and O–H groups in total. The van der Waals surface area contributed by atoms with Gasteiger partial charge >= 0.3 is 0 Å². The lowest BCUT2D eigenvalue weighted by Gasteiger charge is -2.30. The molecule has 30 heavy (non-hydrogen) atoms. The van der Waals surface area contributed by atoms with Crippen molar-refractivity contribution in [3.63, 3.8) is 0 Å². The second-order valence-electron chi connectivity index (χ2n) is 7.38. The monoisotopic (exact) mass is 423 g/mol. The van der Waals surface area contributed by atoms with E-state index in [9.17, 15) is 0 Å². The van der Waals surface area contributed by atoms with Gasteiger partial charge in [0.2, 0.25) is 5.88 Å². The summed E-state index contributed by atoms with van der Waals surface area (Å²) in [6.45, 7) is 0.796. The molecule has 1 aromatic heterocycles. The van der Waals surface area contributed by atoms with Gasteiger partial charge in [-0.2, -0.15) is 0 Å². The minimum atomic E-state index is -1.48. The van der Waals surface area contributed by atoms with Crippen LogP contribution in [0.1, 0.15) is 18.4 Å². The molecule has 0 amide bonds. The van der Waals surface area contributed by atoms with Gasteiger partial charge in [-0.3, -0.25) is 0 Å². The van der Waals surface area contributed by atoms with Crippen molar-refractivity contribution in [1.82, 2.24) is 4.98 Å². The van der Waals surface area contributed by atoms with E-state index in [4.69, 9.17) is 15.2 Å². The molecule has 1 unspecified atom stereocenters. The maximum atomic E-state index is 15.5. The Kier molecular flexibility index (Phi) is 5.10. The zero-order valence-corrected chi connectivity index (χ0v) is 17.1. The van der Waals surface area contributed by atoms with Crippen LogP contribution in [-0.2, 0) is 10.4 Å². The van der Waals surface area contributed by atoms with Gasteiger partial charge in [-0.15, -0.1) is 0 Å². The van der Waals surface area contributed by atoms with Gasteiger partial charge in [0.25, 0.3) is 0 Å². The molecule has 0 bridgehead atoms. The molecule has 2 aliphatic rings. The number of anilines is 2. The van der Waals surface area contributed by atoms with Crippen molar-refractivity contribution in [3.05, 3.63) is 72.4 Å². The molecule has 7 heteroatoms. The molecule has 0 aliphatic carbocycles. The molecule has 3 heterocycles. The Morgan fingerprint density at radius 3 is 2.63 bits per heavy atom. The summed E-state index contributed by atoms with van der Waals surface area (Å²) in [5.74, 6) is 0.900. The topological polar surface area (TPSA) is 60.6 Å². The van der Waals surface area contributed by atoms with Gasteiger partial charge in [0, 0.05) is 42.8 Å². The Balaban J connectivity index is 1.39. The lowest BCUT2D eigenvalue weighted by molar-refractivity contribution is -0.0126. The number of para-hydroxylation sites is 1. The van der Waals surface area contributed by atoms with Crippen LogP contribution < -0.4 is 15.4 Å². The molecular formula is C23H22FN3O2S. The lowest BCUT2D eigenvalue weighted by atomic mass is 9.89. The van der Waals surface area contributed by atoms with Crippen LogP contribution >= 0.6 is 11.8 Å². The average molecular weight is 424 g/mol. The summed E-state index contributed by atoms with van der Waals surface area (Å²) in [5.41, 5.74) is 7.21. The summed E-state index contributed by atoms with van der Waals surface area (Å²) >= 11 is 1.63. The van der Waals surface area contributed by atoms with Crippen molar-refractivity contribution in [2.45, 2.75) is 28.9 Å². The first kappa shape index (κ1) is 19.4. The predicted molar refractivity (Wildman–Crippen MR) is 116 cm³/mol. The molecule has 0 radical (unpaired) electrons. The van der Waals surface area contributed by atoms with Crippen molar-refractivity contribution >= 4 is 23.1 Å². The Hall–Kier alpha value is -2.61. The first-order valence-electron chi connectivity index (χ1n) is 9.95. The van der Waals surface area contributed by atoms with E-state index in [1.54, 1.807) is 30.1 Å². The van der Waals surface area contributed by atoms with Crippen molar-refractivity contribution in [1.29, 1.82) is 0 Å². The predicted octanol–water partition coefficient (Wildman–Crippen LogP) is 5.34. The van der Waals surface area contributed by atoms with E-state index < -0.39 is 5.67 Å². The van der Waals surface area contributed by atoms with Crippen LogP contribution in [0, 0.1) is 0 Å². The van der Waals surface area contributed by atoms with Gasteiger partial charge < -0.3 is 20.1 Å². The Morgan fingerprint density at radius 1 is 1.07 bits per heavy atom. The fourth-order valence-corrected chi connectivity index (χ4v) is 4.97. The van der Waals surface area contributed by atoms with Crippen LogP contribution in [0.2, 0.25) is 0 Å². The van der Waals surface area contributed by atoms with Crippen LogP contribution in [0.25, 0.3) is 0 Å². The molecule has 2 aliphatic heterocycles. The first-order valence-corrected chi connectivity index (χ1v) is 10.8. The third-order valence-electron chi connectivity index (χ3n) is 5.50. The number of nitrogens with two attached hydrogens (primary N) is 1. The van der Waals surface area contributed by atoms with Gasteiger partial charge in [0.1, 0.15) is 16.9 Å². The van der Waals surface area contributed by atoms with Crippen molar-refractivity contribution < 1.29 is 13.9 Å². The maximum Gasteiger partial charge on any atom is 0.225 e. The second-order valence-corrected chi connectivity index (χ2v) is 8.53. The third kappa shape index (κ3) is 3.53. The Bertz CT molecular complexity index is 1040. The van der Waals surface area contributed by atoms with E-state index in [1.807, 2.05) is 36.4 Å². The fourth-order valence-electron chi connectivity index (χ4n) is 3.93. The molecule has 1 atom stereocenters. The van der Waals surface area contributed by atoms with Crippen molar-refractivity contribution in [3.8, 4) is 11.6 Å². The van der Waals surface area contributed by atoms with Crippen LogP contribution in [0.5, 0.6) is 11.6 Å². The van der Waals surface area contributed by atoms with E-state index in [0.717, 1.165) is 16.3 Å². The Morgan fingerprint density at radius 2 is 1.83 bits per heavy atom. The second kappa shape index (κ2) is 7.91. The van der Waals surface area contributed by atoms with E-state index in [2.05, 4.69) is 22.0 Å². The summed E-state index contributed by atoms with van der Waals surface area (Å²) in [4.78, 5) is 7.55. The number of pyridine rings is 1. The largest absolute Gasteiger partial charge is 0.439 e. The van der Waals surface area contributed by atoms with E-state index in [0.29, 0.717) is 43.2 Å². The first-order chi connectivity index (χ1) is 14.6. The zero-order valence-electron chi connectivity index (χ0n) is 16.3. The molecule has 1 fully saturated rings. The number of fused-ring (bicyclic) bond motifs is 1. The number of hydrogen-bond donors (Lipinski definition) is 1. The summed E-state index contributed by atoms with van der Waals surface area (Å²) in [6, 6.07) is 19.3. The number of aromatic nitrogens is 1. The Labute approximate surface area is 179 Å². The highest BCUT2D eigenvalue weighted by Gasteiger charge is 2.37. The fraction of sp³-hybridized carbons (Fsp3) is 0.261. The third-order valence-corrected chi connectivity index (χ3v) is 6.55. The smallest absolute Gasteiger partial charge is 0.225 e. The highest BCUT2D eigenvalue weighted by molar-refractivity contribution is 8.00. The quantitative estimate of drug-likeness (QED) is 0.612. The molecule has 3 aromatic rings. The van der Waals surface area contributed by atoms with E-state index in [1.165, 1.54) is 0 Å². The summed E-state index contributed by atoms with van der Waals surface area (Å²) in [7, 11) is 0. The summed E-state index contributed by atoms with van der Waals surface area (Å²) in [6.07, 6.45) is 2.23. The lowest BCUT2D eigenvalue weighted by Crippen LogP contribution is -2.31. The molecule has 0 saturated carbocycles. The number of nitrogens with zero attached hydrogens (tertiary/aromatic N) is 2. The number of hydrogen-bond acceptors (Lipinski definition) is 6. The number of halogens is 1. The highest BCUT2D eigenvalue weighted by atomic mass is 32.2. The molecule has 0 spiro atoms. The van der Waals surface area contributed by atoms with Crippen LogP contribution in [0.15, 0.2) is 71.8 Å². The van der Waals surface area contributed by atoms with Crippen molar-refractivity contribution in [2.75, 3.05) is 18.1 Å². The van der Waals surface area contributed by atoms with Crippen LogP contribution in [0.3, 0.4) is 0 Å². The molecule has 154 valence electrons. The number of ether oxygens (including phenoxy) is 2.